The molecule has 148 valence electrons. The predicted molar refractivity (Wildman–Crippen MR) is 108 cm³/mol. The summed E-state index contributed by atoms with van der Waals surface area (Å²) in [5.74, 6) is -0.589. The fraction of sp³-hybridized carbons (Fsp3) is 0.125. The molecule has 3 N–H and O–H groups in total. The Balaban J connectivity index is 0.000000261. The van der Waals surface area contributed by atoms with Crippen LogP contribution in [0, 0.1) is 11.6 Å². The monoisotopic (exact) mass is 536 g/mol. The van der Waals surface area contributed by atoms with Crippen LogP contribution < -0.4 is 11.2 Å². The van der Waals surface area contributed by atoms with Gasteiger partial charge in [-0.1, -0.05) is 11.6 Å². The van der Waals surface area contributed by atoms with Gasteiger partial charge in [0.15, 0.2) is 11.6 Å². The molecule has 28 heavy (non-hydrogen) atoms. The molecule has 2 heterocycles. The van der Waals surface area contributed by atoms with Crippen molar-refractivity contribution in [3.8, 4) is 0 Å². The Labute approximate surface area is 180 Å². The highest BCUT2D eigenvalue weighted by Gasteiger charge is 2.19. The molecular weight excluding hydrogens is 525 g/mol. The number of benzene rings is 1. The molecule has 12 heteroatoms. The lowest BCUT2D eigenvalue weighted by Crippen LogP contribution is -2.10. The number of anilines is 2. The van der Waals surface area contributed by atoms with Crippen molar-refractivity contribution in [1.82, 2.24) is 19.9 Å². The second-order valence-electron chi connectivity index (χ2n) is 5.08. The Morgan fingerprint density at radius 2 is 1.86 bits per heavy atom. The first kappa shape index (κ1) is 22.3. The predicted octanol–water partition coefficient (Wildman–Crippen LogP) is 5.10. The van der Waals surface area contributed by atoms with E-state index >= 15 is 0 Å². The summed E-state index contributed by atoms with van der Waals surface area (Å²) in [4.78, 5) is 20.6. The van der Waals surface area contributed by atoms with Gasteiger partial charge in [0.1, 0.15) is 26.9 Å². The minimum Gasteiger partial charge on any atom is -0.381 e. The van der Waals surface area contributed by atoms with E-state index in [4.69, 9.17) is 22.2 Å². The molecule has 0 saturated heterocycles. The smallest absolute Gasteiger partial charge is 0.168 e. The van der Waals surface area contributed by atoms with E-state index in [2.05, 4.69) is 57.3 Å². The Morgan fingerprint density at radius 1 is 1.14 bits per heavy atom. The fourth-order valence-corrected chi connectivity index (χ4v) is 2.95. The van der Waals surface area contributed by atoms with Crippen molar-refractivity contribution in [2.24, 2.45) is 0 Å². The van der Waals surface area contributed by atoms with E-state index in [1.54, 1.807) is 6.20 Å². The van der Waals surface area contributed by atoms with E-state index in [9.17, 15) is 8.78 Å². The van der Waals surface area contributed by atoms with E-state index in [0.29, 0.717) is 20.8 Å². The van der Waals surface area contributed by atoms with Gasteiger partial charge >= 0.3 is 0 Å². The standard InChI is InChI=1S/C12H10ClF2N3O.C4H3Br2N3/c1-7(19-18-10-6-16-4-5-17-10)11-8(14)2-3-9(15)12(11)13;5-2-1-8-4(7)3(6)9-2/h2-7H,1H3,(H,17,18);1H,(H2,7,8). The largest absolute Gasteiger partial charge is 0.381 e. The van der Waals surface area contributed by atoms with Crippen LogP contribution in [0.15, 0.2) is 46.1 Å². The molecule has 0 saturated carbocycles. The molecule has 0 radical (unpaired) electrons. The maximum absolute atomic E-state index is 13.6. The molecule has 1 atom stereocenters. The van der Waals surface area contributed by atoms with Gasteiger partial charge in [0, 0.05) is 18.0 Å². The number of nitrogens with two attached hydrogens (primary N) is 1. The van der Waals surface area contributed by atoms with Gasteiger partial charge in [0.2, 0.25) is 0 Å². The Kier molecular flexibility index (Phi) is 8.42. The van der Waals surface area contributed by atoms with Crippen LogP contribution in [0.3, 0.4) is 0 Å². The topological polar surface area (TPSA) is 98.8 Å². The van der Waals surface area contributed by atoms with Gasteiger partial charge in [-0.15, -0.1) is 0 Å². The third-order valence-electron chi connectivity index (χ3n) is 3.12. The summed E-state index contributed by atoms with van der Waals surface area (Å²) in [5.41, 5.74) is 7.79. The van der Waals surface area contributed by atoms with E-state index in [0.717, 1.165) is 12.1 Å². The third-order valence-corrected chi connectivity index (χ3v) is 4.47. The first-order valence-corrected chi connectivity index (χ1v) is 9.50. The minimum atomic E-state index is -0.801. The average Bonchev–Trinajstić information content (AvgIpc) is 2.68. The van der Waals surface area contributed by atoms with Crippen molar-refractivity contribution >= 4 is 55.1 Å². The van der Waals surface area contributed by atoms with Crippen molar-refractivity contribution in [2.75, 3.05) is 11.2 Å². The number of hydrogen-bond acceptors (Lipinski definition) is 7. The Hall–Kier alpha value is -1.95. The molecular formula is C16H13Br2ClF2N6O. The summed E-state index contributed by atoms with van der Waals surface area (Å²) in [6.07, 6.45) is 5.13. The second-order valence-corrected chi connectivity index (χ2v) is 7.02. The number of hydrogen-bond donors (Lipinski definition) is 2. The van der Waals surface area contributed by atoms with E-state index < -0.39 is 17.7 Å². The number of aromatic nitrogens is 4. The van der Waals surface area contributed by atoms with E-state index in [1.807, 2.05) is 0 Å². The SMILES string of the molecule is CC(ONc1cnccn1)c1c(F)ccc(F)c1Cl.Nc1ncc(Br)nc1Br. The van der Waals surface area contributed by atoms with Crippen molar-refractivity contribution in [3.63, 3.8) is 0 Å². The quantitative estimate of drug-likeness (QED) is 0.352. The van der Waals surface area contributed by atoms with E-state index in [-0.39, 0.29) is 10.6 Å². The minimum absolute atomic E-state index is 0.0574. The van der Waals surface area contributed by atoms with Crippen LogP contribution in [-0.4, -0.2) is 19.9 Å². The summed E-state index contributed by atoms with van der Waals surface area (Å²) in [7, 11) is 0. The average molecular weight is 539 g/mol. The van der Waals surface area contributed by atoms with Crippen LogP contribution in [0.2, 0.25) is 5.02 Å². The normalized spacial score (nSPS) is 11.4. The van der Waals surface area contributed by atoms with Gasteiger partial charge in [-0.05, 0) is 50.9 Å². The molecule has 3 rings (SSSR count). The van der Waals surface area contributed by atoms with Crippen molar-refractivity contribution in [1.29, 1.82) is 0 Å². The van der Waals surface area contributed by atoms with Crippen LogP contribution in [0.4, 0.5) is 20.4 Å². The molecule has 3 aromatic rings. The molecule has 1 unspecified atom stereocenters. The zero-order valence-electron chi connectivity index (χ0n) is 14.2. The number of nitrogen functional groups attached to an aromatic ring is 1. The Morgan fingerprint density at radius 3 is 2.46 bits per heavy atom. The number of halogens is 5. The van der Waals surface area contributed by atoms with Crippen LogP contribution >= 0.6 is 43.5 Å². The summed E-state index contributed by atoms with van der Waals surface area (Å²) in [6.45, 7) is 1.53. The van der Waals surface area contributed by atoms with E-state index in [1.165, 1.54) is 25.5 Å². The van der Waals surface area contributed by atoms with Gasteiger partial charge in [0.25, 0.3) is 0 Å². The summed E-state index contributed by atoms with van der Waals surface area (Å²) in [6, 6.07) is 1.96. The molecule has 0 spiro atoms. The van der Waals surface area contributed by atoms with Crippen LogP contribution in [-0.2, 0) is 4.84 Å². The molecule has 0 aliphatic rings. The first-order chi connectivity index (χ1) is 13.3. The molecule has 1 aromatic carbocycles. The molecule has 0 aliphatic heterocycles. The third kappa shape index (κ3) is 6.30. The maximum Gasteiger partial charge on any atom is 0.168 e. The molecule has 0 fully saturated rings. The molecule has 0 aliphatic carbocycles. The summed E-state index contributed by atoms with van der Waals surface area (Å²) in [5, 5.41) is -0.298. The van der Waals surface area contributed by atoms with Crippen molar-refractivity contribution < 1.29 is 13.6 Å². The van der Waals surface area contributed by atoms with Gasteiger partial charge in [-0.3, -0.25) is 9.82 Å². The molecule has 2 aromatic heterocycles. The van der Waals surface area contributed by atoms with Gasteiger partial charge in [0.05, 0.1) is 17.4 Å². The fourth-order valence-electron chi connectivity index (χ4n) is 1.83. The summed E-state index contributed by atoms with van der Waals surface area (Å²) < 4.78 is 28.1. The number of nitrogens with one attached hydrogen (secondary N) is 1. The highest BCUT2D eigenvalue weighted by atomic mass is 79.9. The highest BCUT2D eigenvalue weighted by Crippen LogP contribution is 2.30. The van der Waals surface area contributed by atoms with Crippen LogP contribution in [0.5, 0.6) is 0 Å². The second kappa shape index (κ2) is 10.6. The zero-order valence-corrected chi connectivity index (χ0v) is 18.1. The molecule has 0 amide bonds. The van der Waals surface area contributed by atoms with Crippen molar-refractivity contribution in [3.05, 3.63) is 68.3 Å². The highest BCUT2D eigenvalue weighted by molar-refractivity contribution is 9.11. The van der Waals surface area contributed by atoms with Gasteiger partial charge in [-0.25, -0.2) is 29.2 Å². The number of nitrogens with zero attached hydrogens (tertiary/aromatic N) is 4. The van der Waals surface area contributed by atoms with Crippen LogP contribution in [0.25, 0.3) is 0 Å². The lowest BCUT2D eigenvalue weighted by molar-refractivity contribution is 0.111. The lowest BCUT2D eigenvalue weighted by Gasteiger charge is -2.16. The van der Waals surface area contributed by atoms with Crippen molar-refractivity contribution in [2.45, 2.75) is 13.0 Å². The lowest BCUT2D eigenvalue weighted by atomic mass is 10.1. The summed E-state index contributed by atoms with van der Waals surface area (Å²) >= 11 is 12.0. The number of rotatable bonds is 4. The zero-order chi connectivity index (χ0) is 20.7. The first-order valence-electron chi connectivity index (χ1n) is 7.54. The molecule has 7 nitrogen and oxygen atoms in total. The molecule has 0 bridgehead atoms. The van der Waals surface area contributed by atoms with Crippen LogP contribution in [0.1, 0.15) is 18.6 Å². The van der Waals surface area contributed by atoms with Gasteiger partial charge < -0.3 is 5.73 Å². The Bertz CT molecular complexity index is 939. The van der Waals surface area contributed by atoms with Gasteiger partial charge in [-0.2, -0.15) is 0 Å². The maximum atomic E-state index is 13.6.